The Morgan fingerprint density at radius 2 is 1.82 bits per heavy atom. The van der Waals surface area contributed by atoms with E-state index in [0.29, 0.717) is 11.2 Å². The largest absolute Gasteiger partial charge is 0.508 e. The van der Waals surface area contributed by atoms with Crippen LogP contribution >= 0.6 is 0 Å². The molecule has 0 saturated heterocycles. The van der Waals surface area contributed by atoms with Crippen LogP contribution in [-0.2, 0) is 0 Å². The van der Waals surface area contributed by atoms with Gasteiger partial charge in [0.1, 0.15) is 17.1 Å². The highest BCUT2D eigenvalue weighted by Gasteiger charge is 2.23. The summed E-state index contributed by atoms with van der Waals surface area (Å²) in [7, 11) is 0. The van der Waals surface area contributed by atoms with Gasteiger partial charge in [-0.1, -0.05) is 18.2 Å². The number of phenols is 1. The number of allylic oxidation sites excluding steroid dienone is 2. The second kappa shape index (κ2) is 7.99. The van der Waals surface area contributed by atoms with E-state index in [2.05, 4.69) is 16.0 Å². The van der Waals surface area contributed by atoms with E-state index in [-0.39, 0.29) is 11.3 Å². The SMILES string of the molecule is Cc1[nH]c2c(C3=CCCCC3)c(-c3ccc(O)cc3)nn2c(=O)c1-c1ccc2ncccc2c1. The maximum Gasteiger partial charge on any atom is 0.282 e. The summed E-state index contributed by atoms with van der Waals surface area (Å²) in [4.78, 5) is 21.7. The zero-order valence-corrected chi connectivity index (χ0v) is 18.9. The fraction of sp³-hybridized carbons (Fsp3) is 0.179. The summed E-state index contributed by atoms with van der Waals surface area (Å²) in [5.41, 5.74) is 7.49. The van der Waals surface area contributed by atoms with Crippen molar-refractivity contribution in [1.82, 2.24) is 19.6 Å². The van der Waals surface area contributed by atoms with Gasteiger partial charge in [-0.05, 0) is 86.2 Å². The second-order valence-corrected chi connectivity index (χ2v) is 8.85. The van der Waals surface area contributed by atoms with Crippen molar-refractivity contribution in [2.24, 2.45) is 0 Å². The molecule has 5 aromatic rings. The molecule has 34 heavy (non-hydrogen) atoms. The van der Waals surface area contributed by atoms with Gasteiger partial charge in [0.2, 0.25) is 0 Å². The molecule has 2 N–H and O–H groups in total. The van der Waals surface area contributed by atoms with Gasteiger partial charge in [0.25, 0.3) is 5.56 Å². The first kappa shape index (κ1) is 20.4. The number of aryl methyl sites for hydroxylation is 1. The van der Waals surface area contributed by atoms with E-state index >= 15 is 0 Å². The number of hydrogen-bond acceptors (Lipinski definition) is 4. The summed E-state index contributed by atoms with van der Waals surface area (Å²) in [5, 5.41) is 15.6. The summed E-state index contributed by atoms with van der Waals surface area (Å²) in [6, 6.07) is 16.8. The molecule has 0 atom stereocenters. The predicted molar refractivity (Wildman–Crippen MR) is 135 cm³/mol. The zero-order valence-electron chi connectivity index (χ0n) is 18.9. The number of rotatable bonds is 3. The Hall–Kier alpha value is -4.19. The smallest absolute Gasteiger partial charge is 0.282 e. The van der Waals surface area contributed by atoms with E-state index < -0.39 is 0 Å². The van der Waals surface area contributed by atoms with Gasteiger partial charge in [-0.3, -0.25) is 9.78 Å². The van der Waals surface area contributed by atoms with Gasteiger partial charge >= 0.3 is 0 Å². The maximum atomic E-state index is 13.8. The first-order valence-corrected chi connectivity index (χ1v) is 11.6. The molecule has 0 fully saturated rings. The lowest BCUT2D eigenvalue weighted by Crippen LogP contribution is -2.19. The minimum Gasteiger partial charge on any atom is -0.508 e. The fourth-order valence-corrected chi connectivity index (χ4v) is 4.95. The molecule has 168 valence electrons. The predicted octanol–water partition coefficient (Wildman–Crippen LogP) is 5.88. The molecule has 6 heteroatoms. The number of aromatic amines is 1. The second-order valence-electron chi connectivity index (χ2n) is 8.85. The van der Waals surface area contributed by atoms with E-state index in [1.54, 1.807) is 18.3 Å². The molecule has 0 spiro atoms. The van der Waals surface area contributed by atoms with Crippen LogP contribution in [0.5, 0.6) is 5.75 Å². The summed E-state index contributed by atoms with van der Waals surface area (Å²) in [5.74, 6) is 0.200. The summed E-state index contributed by atoms with van der Waals surface area (Å²) < 4.78 is 1.50. The quantitative estimate of drug-likeness (QED) is 0.361. The van der Waals surface area contributed by atoms with Crippen molar-refractivity contribution in [3.8, 4) is 28.1 Å². The Kier molecular flexibility index (Phi) is 4.80. The highest BCUT2D eigenvalue weighted by Crippen LogP contribution is 2.37. The van der Waals surface area contributed by atoms with Gasteiger partial charge in [-0.15, -0.1) is 0 Å². The van der Waals surface area contributed by atoms with Gasteiger partial charge < -0.3 is 10.1 Å². The molecule has 0 radical (unpaired) electrons. The molecule has 1 aliphatic rings. The van der Waals surface area contributed by atoms with E-state index in [9.17, 15) is 9.90 Å². The van der Waals surface area contributed by atoms with Gasteiger partial charge in [0.15, 0.2) is 0 Å². The molecule has 3 aromatic heterocycles. The van der Waals surface area contributed by atoms with Crippen LogP contribution in [0.4, 0.5) is 0 Å². The number of nitrogens with zero attached hydrogens (tertiary/aromatic N) is 3. The zero-order chi connectivity index (χ0) is 23.2. The van der Waals surface area contributed by atoms with Crippen molar-refractivity contribution in [3.05, 3.63) is 88.5 Å². The number of phenolic OH excluding ortho intramolecular Hbond substituents is 1. The van der Waals surface area contributed by atoms with Crippen LogP contribution in [0.1, 0.15) is 36.9 Å². The fourth-order valence-electron chi connectivity index (χ4n) is 4.95. The molecule has 2 aromatic carbocycles. The van der Waals surface area contributed by atoms with Gasteiger partial charge in [0.05, 0.1) is 11.1 Å². The van der Waals surface area contributed by atoms with E-state index in [4.69, 9.17) is 5.10 Å². The Morgan fingerprint density at radius 1 is 1.00 bits per heavy atom. The molecular weight excluding hydrogens is 424 g/mol. The number of pyridine rings is 1. The third-order valence-corrected chi connectivity index (χ3v) is 6.62. The third-order valence-electron chi connectivity index (χ3n) is 6.62. The summed E-state index contributed by atoms with van der Waals surface area (Å²) >= 11 is 0. The minimum atomic E-state index is -0.155. The Bertz CT molecular complexity index is 1640. The Morgan fingerprint density at radius 3 is 2.62 bits per heavy atom. The van der Waals surface area contributed by atoms with Gasteiger partial charge in [-0.25, -0.2) is 0 Å². The van der Waals surface area contributed by atoms with Gasteiger partial charge in [0, 0.05) is 28.4 Å². The summed E-state index contributed by atoms with van der Waals surface area (Å²) in [6.07, 6.45) is 8.30. The van der Waals surface area contributed by atoms with Crippen molar-refractivity contribution < 1.29 is 5.11 Å². The van der Waals surface area contributed by atoms with Crippen molar-refractivity contribution in [2.45, 2.75) is 32.6 Å². The van der Waals surface area contributed by atoms with Crippen LogP contribution in [0.25, 0.3) is 44.5 Å². The standard InChI is InChI=1S/C28H24N4O2/c1-17-24(21-11-14-23-20(16-21)8-5-15-29-23)28(34)32-27(30-17)25(18-6-3-2-4-7-18)26(31-32)19-9-12-22(33)13-10-19/h5-6,8-16,30,33H,2-4,7H2,1H3. The van der Waals surface area contributed by atoms with E-state index in [0.717, 1.165) is 58.2 Å². The number of H-pyrrole nitrogens is 1. The molecule has 3 heterocycles. The average Bonchev–Trinajstić information content (AvgIpc) is 3.24. The number of nitrogens with one attached hydrogen (secondary N) is 1. The van der Waals surface area contributed by atoms with Crippen LogP contribution in [-0.4, -0.2) is 24.7 Å². The highest BCUT2D eigenvalue weighted by molar-refractivity contribution is 5.89. The highest BCUT2D eigenvalue weighted by atomic mass is 16.3. The van der Waals surface area contributed by atoms with Crippen LogP contribution < -0.4 is 5.56 Å². The number of fused-ring (bicyclic) bond motifs is 2. The van der Waals surface area contributed by atoms with Crippen LogP contribution in [0.15, 0.2) is 71.7 Å². The lowest BCUT2D eigenvalue weighted by atomic mass is 9.92. The van der Waals surface area contributed by atoms with Crippen molar-refractivity contribution in [2.75, 3.05) is 0 Å². The number of benzene rings is 2. The molecular formula is C28H24N4O2. The molecule has 1 aliphatic carbocycles. The molecule has 6 nitrogen and oxygen atoms in total. The number of aromatic nitrogens is 4. The van der Waals surface area contributed by atoms with Crippen LogP contribution in [0.3, 0.4) is 0 Å². The minimum absolute atomic E-state index is 0.155. The van der Waals surface area contributed by atoms with E-state index in [1.807, 2.05) is 49.4 Å². The topological polar surface area (TPSA) is 83.3 Å². The molecule has 0 aliphatic heterocycles. The first-order chi connectivity index (χ1) is 16.6. The summed E-state index contributed by atoms with van der Waals surface area (Å²) in [6.45, 7) is 1.94. The first-order valence-electron chi connectivity index (χ1n) is 11.6. The van der Waals surface area contributed by atoms with Crippen molar-refractivity contribution >= 4 is 22.1 Å². The molecule has 0 unspecified atom stereocenters. The lowest BCUT2D eigenvalue weighted by Gasteiger charge is -2.14. The van der Waals surface area contributed by atoms with Crippen LogP contribution in [0.2, 0.25) is 0 Å². The molecule has 6 rings (SSSR count). The maximum absolute atomic E-state index is 13.8. The number of aromatic hydroxyl groups is 1. The lowest BCUT2D eigenvalue weighted by molar-refractivity contribution is 0.475. The Labute approximate surface area is 196 Å². The van der Waals surface area contributed by atoms with Crippen molar-refractivity contribution in [3.63, 3.8) is 0 Å². The molecule has 0 amide bonds. The van der Waals surface area contributed by atoms with E-state index in [1.165, 1.54) is 16.5 Å². The van der Waals surface area contributed by atoms with Crippen LogP contribution in [0, 0.1) is 6.92 Å². The normalized spacial score (nSPS) is 14.0. The van der Waals surface area contributed by atoms with Gasteiger partial charge in [-0.2, -0.15) is 9.61 Å². The third kappa shape index (κ3) is 3.30. The average molecular weight is 449 g/mol. The number of hydrogen-bond donors (Lipinski definition) is 2. The monoisotopic (exact) mass is 448 g/mol. The Balaban J connectivity index is 1.63. The molecule has 0 bridgehead atoms. The molecule has 0 saturated carbocycles. The van der Waals surface area contributed by atoms with Crippen molar-refractivity contribution in [1.29, 1.82) is 0 Å².